The lowest BCUT2D eigenvalue weighted by Gasteiger charge is -2.30. The summed E-state index contributed by atoms with van der Waals surface area (Å²) in [7, 11) is 0. The molecule has 0 radical (unpaired) electrons. The third kappa shape index (κ3) is 6.10. The maximum Gasteiger partial charge on any atom is 0.338 e. The lowest BCUT2D eigenvalue weighted by Crippen LogP contribution is -2.45. The minimum Gasteiger partial charge on any atom is -0.449 e. The minimum absolute atomic E-state index is 0.128. The van der Waals surface area contributed by atoms with E-state index in [1.807, 2.05) is 0 Å². The molecule has 7 heteroatoms. The van der Waals surface area contributed by atoms with Gasteiger partial charge in [-0.2, -0.15) is 5.26 Å². The van der Waals surface area contributed by atoms with Crippen LogP contribution in [0.4, 0.5) is 5.69 Å². The quantitative estimate of drug-likeness (QED) is 0.748. The van der Waals surface area contributed by atoms with Crippen molar-refractivity contribution in [3.05, 3.63) is 29.8 Å². The number of nitriles is 1. The van der Waals surface area contributed by atoms with Crippen molar-refractivity contribution >= 4 is 23.5 Å². The zero-order valence-electron chi connectivity index (χ0n) is 15.7. The van der Waals surface area contributed by atoms with E-state index in [1.54, 1.807) is 25.1 Å². The van der Waals surface area contributed by atoms with Gasteiger partial charge in [-0.15, -0.1) is 0 Å². The zero-order chi connectivity index (χ0) is 19.8. The van der Waals surface area contributed by atoms with Gasteiger partial charge in [0.1, 0.15) is 6.42 Å². The van der Waals surface area contributed by atoms with E-state index in [2.05, 4.69) is 17.6 Å². The highest BCUT2D eigenvalue weighted by atomic mass is 16.5. The maximum atomic E-state index is 12.3. The summed E-state index contributed by atoms with van der Waals surface area (Å²) < 4.78 is 5.25. The highest BCUT2D eigenvalue weighted by Crippen LogP contribution is 2.23. The SMILES string of the molecule is C[C@@H](OC(=O)c1ccc(NC(=O)CC#N)cc1)C(=O)N[C@H]1CCCC[C@@H]1C. The van der Waals surface area contributed by atoms with Gasteiger partial charge in [0, 0.05) is 11.7 Å². The summed E-state index contributed by atoms with van der Waals surface area (Å²) in [6.07, 6.45) is 3.20. The summed E-state index contributed by atoms with van der Waals surface area (Å²) in [5, 5.41) is 14.0. The monoisotopic (exact) mass is 371 g/mol. The number of carbonyl (C=O) groups excluding carboxylic acids is 3. The van der Waals surface area contributed by atoms with Crippen LogP contribution in [0, 0.1) is 17.2 Å². The Morgan fingerprint density at radius 1 is 1.22 bits per heavy atom. The molecule has 144 valence electrons. The molecule has 0 bridgehead atoms. The van der Waals surface area contributed by atoms with Crippen LogP contribution in [-0.2, 0) is 14.3 Å². The summed E-state index contributed by atoms with van der Waals surface area (Å²) in [6.45, 7) is 3.68. The Kier molecular flexibility index (Phi) is 7.35. The molecule has 1 aliphatic rings. The molecule has 1 saturated carbocycles. The van der Waals surface area contributed by atoms with Crippen LogP contribution >= 0.6 is 0 Å². The van der Waals surface area contributed by atoms with Gasteiger partial charge in [0.05, 0.1) is 11.6 Å². The van der Waals surface area contributed by atoms with E-state index in [0.29, 0.717) is 11.6 Å². The molecule has 27 heavy (non-hydrogen) atoms. The normalized spacial score (nSPS) is 20.0. The minimum atomic E-state index is -0.887. The first kappa shape index (κ1) is 20.4. The van der Waals surface area contributed by atoms with Crippen LogP contribution in [0.25, 0.3) is 0 Å². The summed E-state index contributed by atoms with van der Waals surface area (Å²) in [5.74, 6) is -0.892. The second kappa shape index (κ2) is 9.72. The Labute approximate surface area is 159 Å². The first-order valence-corrected chi connectivity index (χ1v) is 9.19. The molecule has 0 heterocycles. The molecular weight excluding hydrogens is 346 g/mol. The first-order chi connectivity index (χ1) is 12.9. The van der Waals surface area contributed by atoms with Gasteiger partial charge in [-0.25, -0.2) is 4.79 Å². The number of nitrogens with zero attached hydrogens (tertiary/aromatic N) is 1. The van der Waals surface area contributed by atoms with Crippen LogP contribution in [0.15, 0.2) is 24.3 Å². The lowest BCUT2D eigenvalue weighted by atomic mass is 9.86. The second-order valence-electron chi connectivity index (χ2n) is 6.88. The van der Waals surface area contributed by atoms with E-state index in [1.165, 1.54) is 18.6 Å². The van der Waals surface area contributed by atoms with Crippen molar-refractivity contribution in [1.29, 1.82) is 5.26 Å². The highest BCUT2D eigenvalue weighted by Gasteiger charge is 2.26. The van der Waals surface area contributed by atoms with Gasteiger partial charge in [-0.3, -0.25) is 9.59 Å². The van der Waals surface area contributed by atoms with E-state index in [0.717, 1.165) is 19.3 Å². The first-order valence-electron chi connectivity index (χ1n) is 9.19. The molecule has 1 aromatic rings. The van der Waals surface area contributed by atoms with Gasteiger partial charge in [0.15, 0.2) is 6.10 Å². The van der Waals surface area contributed by atoms with Crippen LogP contribution in [0.1, 0.15) is 56.3 Å². The zero-order valence-corrected chi connectivity index (χ0v) is 15.7. The standard InChI is InChI=1S/C20H25N3O4/c1-13-5-3-4-6-17(13)23-19(25)14(2)27-20(26)15-7-9-16(10-8-15)22-18(24)11-12-21/h7-10,13-14,17H,3-6,11H2,1-2H3,(H,22,24)(H,23,25)/t13-,14+,17-/m0/s1. The fraction of sp³-hybridized carbons (Fsp3) is 0.500. The molecule has 0 aliphatic heterocycles. The van der Waals surface area contributed by atoms with E-state index < -0.39 is 18.0 Å². The van der Waals surface area contributed by atoms with Gasteiger partial charge in [0.25, 0.3) is 5.91 Å². The Balaban J connectivity index is 1.87. The third-order valence-corrected chi connectivity index (χ3v) is 4.74. The molecule has 1 aromatic carbocycles. The number of hydrogen-bond donors (Lipinski definition) is 2. The van der Waals surface area contributed by atoms with Crippen molar-refractivity contribution in [3.8, 4) is 6.07 Å². The number of rotatable bonds is 6. The van der Waals surface area contributed by atoms with Gasteiger partial charge in [-0.05, 0) is 49.9 Å². The van der Waals surface area contributed by atoms with Crippen molar-refractivity contribution in [2.75, 3.05) is 5.32 Å². The summed E-state index contributed by atoms with van der Waals surface area (Å²) in [4.78, 5) is 35.9. The van der Waals surface area contributed by atoms with Gasteiger partial charge in [0.2, 0.25) is 5.91 Å². The van der Waals surface area contributed by atoms with E-state index in [9.17, 15) is 14.4 Å². The predicted octanol–water partition coefficient (Wildman–Crippen LogP) is 2.78. The summed E-state index contributed by atoms with van der Waals surface area (Å²) in [6, 6.07) is 7.97. The van der Waals surface area contributed by atoms with Crippen molar-refractivity contribution in [1.82, 2.24) is 5.32 Å². The number of ether oxygens (including phenoxy) is 1. The van der Waals surface area contributed by atoms with E-state index in [-0.39, 0.29) is 23.9 Å². The average molecular weight is 371 g/mol. The van der Waals surface area contributed by atoms with Gasteiger partial charge >= 0.3 is 5.97 Å². The molecule has 2 amide bonds. The number of hydrogen-bond acceptors (Lipinski definition) is 5. The Morgan fingerprint density at radius 3 is 2.52 bits per heavy atom. The fourth-order valence-corrected chi connectivity index (χ4v) is 3.08. The van der Waals surface area contributed by atoms with Crippen LogP contribution < -0.4 is 10.6 Å². The largest absolute Gasteiger partial charge is 0.449 e. The second-order valence-corrected chi connectivity index (χ2v) is 6.88. The Bertz CT molecular complexity index is 724. The molecule has 3 atom stereocenters. The molecule has 2 rings (SSSR count). The molecule has 0 spiro atoms. The van der Waals surface area contributed by atoms with Gasteiger partial charge in [-0.1, -0.05) is 19.8 Å². The molecular formula is C20H25N3O4. The Hall–Kier alpha value is -2.88. The fourth-order valence-electron chi connectivity index (χ4n) is 3.08. The van der Waals surface area contributed by atoms with Gasteiger partial charge < -0.3 is 15.4 Å². The molecule has 0 aromatic heterocycles. The molecule has 0 saturated heterocycles. The van der Waals surface area contributed by atoms with Crippen LogP contribution in [-0.4, -0.2) is 29.9 Å². The number of carbonyl (C=O) groups is 3. The van der Waals surface area contributed by atoms with Crippen molar-refractivity contribution in [2.45, 2.75) is 58.1 Å². The highest BCUT2D eigenvalue weighted by molar-refractivity contribution is 5.94. The van der Waals surface area contributed by atoms with Crippen molar-refractivity contribution in [2.24, 2.45) is 5.92 Å². The van der Waals surface area contributed by atoms with Crippen molar-refractivity contribution in [3.63, 3.8) is 0 Å². The van der Waals surface area contributed by atoms with Crippen LogP contribution in [0.5, 0.6) is 0 Å². The summed E-state index contributed by atoms with van der Waals surface area (Å²) >= 11 is 0. The smallest absolute Gasteiger partial charge is 0.338 e. The molecule has 7 nitrogen and oxygen atoms in total. The number of benzene rings is 1. The molecule has 1 aliphatic carbocycles. The predicted molar refractivity (Wildman–Crippen MR) is 99.7 cm³/mol. The number of amides is 2. The van der Waals surface area contributed by atoms with Crippen molar-refractivity contribution < 1.29 is 19.1 Å². The van der Waals surface area contributed by atoms with Crippen LogP contribution in [0.2, 0.25) is 0 Å². The summed E-state index contributed by atoms with van der Waals surface area (Å²) in [5.41, 5.74) is 0.753. The lowest BCUT2D eigenvalue weighted by molar-refractivity contribution is -0.130. The number of anilines is 1. The molecule has 2 N–H and O–H groups in total. The van der Waals surface area contributed by atoms with E-state index in [4.69, 9.17) is 10.00 Å². The Morgan fingerprint density at radius 2 is 1.89 bits per heavy atom. The number of nitrogens with one attached hydrogen (secondary N) is 2. The third-order valence-electron chi connectivity index (χ3n) is 4.74. The topological polar surface area (TPSA) is 108 Å². The van der Waals surface area contributed by atoms with Crippen LogP contribution in [0.3, 0.4) is 0 Å². The molecule has 0 unspecified atom stereocenters. The maximum absolute atomic E-state index is 12.3. The average Bonchev–Trinajstić information content (AvgIpc) is 2.64. The van der Waals surface area contributed by atoms with E-state index >= 15 is 0 Å². The number of esters is 1. The molecule has 1 fully saturated rings.